The van der Waals surface area contributed by atoms with E-state index >= 15 is 0 Å². The minimum Gasteiger partial charge on any atom is -0.439 e. The summed E-state index contributed by atoms with van der Waals surface area (Å²) in [6.45, 7) is 2.05. The molecule has 2 N–H and O–H groups in total. The third kappa shape index (κ3) is 8.66. The standard InChI is InChI=1S/C25H26Cl2N2O10S2/c1-2-17(13-24-28(9-3-11-36-40(30,31)32)20-15-18(26)5-7-22(20)38-24)14-25-29(10-4-12-37-41(33,34)35)21-16-19(27)6-8-23(21)39-25/h5-8,13-16H,2-4,9-12H2,1H3,(H-,30,31,32,33,34,35)/p+1. The highest BCUT2D eigenvalue weighted by Gasteiger charge is 2.27. The molecule has 41 heavy (non-hydrogen) atoms. The van der Waals surface area contributed by atoms with Crippen LogP contribution >= 0.6 is 23.2 Å². The summed E-state index contributed by atoms with van der Waals surface area (Å²) in [7, 11) is -9.12. The number of hydrogen-bond donors (Lipinski definition) is 2. The SMILES string of the molecule is CCC(/C=C1\Oc2ccc(Cl)cc2N1CCCOS(=O)(=O)O)=C\c1oc2ccc(Cl)cc2[n+]1CCCOS(=O)(=O)O. The Balaban J connectivity index is 1.65. The fraction of sp³-hybridized carbons (Fsp3) is 0.320. The van der Waals surface area contributed by atoms with Crippen molar-refractivity contribution in [1.82, 2.24) is 0 Å². The van der Waals surface area contributed by atoms with Crippen molar-refractivity contribution in [2.24, 2.45) is 0 Å². The lowest BCUT2D eigenvalue weighted by atomic mass is 10.1. The molecule has 0 aliphatic carbocycles. The van der Waals surface area contributed by atoms with E-state index in [9.17, 15) is 16.8 Å². The third-order valence-corrected chi connectivity index (χ3v) is 7.33. The van der Waals surface area contributed by atoms with E-state index in [-0.39, 0.29) is 26.1 Å². The molecule has 0 spiro atoms. The number of halogens is 2. The number of benzene rings is 2. The second kappa shape index (κ2) is 13.1. The van der Waals surface area contributed by atoms with Crippen LogP contribution in [0.4, 0.5) is 5.69 Å². The molecule has 2 heterocycles. The van der Waals surface area contributed by atoms with E-state index in [1.807, 2.05) is 28.5 Å². The zero-order valence-corrected chi connectivity index (χ0v) is 24.8. The maximum atomic E-state index is 10.9. The number of hydrogen-bond acceptors (Lipinski definition) is 9. The quantitative estimate of drug-likeness (QED) is 0.146. The summed E-state index contributed by atoms with van der Waals surface area (Å²) >= 11 is 12.4. The van der Waals surface area contributed by atoms with Crippen LogP contribution in [0.3, 0.4) is 0 Å². The molecule has 1 aliphatic heterocycles. The third-order valence-electron chi connectivity index (χ3n) is 5.93. The molecule has 0 unspecified atom stereocenters. The largest absolute Gasteiger partial charge is 0.439 e. The summed E-state index contributed by atoms with van der Waals surface area (Å²) in [5, 5.41) is 0.970. The van der Waals surface area contributed by atoms with Gasteiger partial charge >= 0.3 is 26.7 Å². The lowest BCUT2D eigenvalue weighted by molar-refractivity contribution is -0.678. The van der Waals surface area contributed by atoms with E-state index < -0.39 is 20.8 Å². The second-order valence-electron chi connectivity index (χ2n) is 8.83. The molecule has 0 amide bonds. The van der Waals surface area contributed by atoms with Crippen LogP contribution in [0.2, 0.25) is 10.0 Å². The van der Waals surface area contributed by atoms with Crippen molar-refractivity contribution in [3.8, 4) is 5.75 Å². The summed E-state index contributed by atoms with van der Waals surface area (Å²) in [5.41, 5.74) is 2.71. The van der Waals surface area contributed by atoms with Crippen molar-refractivity contribution in [1.29, 1.82) is 0 Å². The molecule has 3 aromatic rings. The predicted octanol–water partition coefficient (Wildman–Crippen LogP) is 4.98. The molecule has 12 nitrogen and oxygen atoms in total. The molecule has 0 radical (unpaired) electrons. The first-order chi connectivity index (χ1) is 19.3. The van der Waals surface area contributed by atoms with Gasteiger partial charge in [-0.3, -0.25) is 9.11 Å². The van der Waals surface area contributed by atoms with Gasteiger partial charge in [0.25, 0.3) is 5.52 Å². The molecule has 222 valence electrons. The maximum Gasteiger partial charge on any atom is 0.397 e. The first-order valence-electron chi connectivity index (χ1n) is 12.4. The number of rotatable bonds is 13. The van der Waals surface area contributed by atoms with E-state index in [1.54, 1.807) is 36.4 Å². The Kier molecular flexibility index (Phi) is 9.97. The molecular formula is C25H27Cl2N2O10S2+. The van der Waals surface area contributed by atoms with Gasteiger partial charge in [-0.2, -0.15) is 21.4 Å². The van der Waals surface area contributed by atoms with E-state index in [1.165, 1.54) is 0 Å². The molecule has 4 rings (SSSR count). The lowest BCUT2D eigenvalue weighted by Crippen LogP contribution is -2.36. The van der Waals surface area contributed by atoms with Gasteiger partial charge in [-0.15, -0.1) is 0 Å². The number of anilines is 1. The average molecular weight is 651 g/mol. The highest BCUT2D eigenvalue weighted by Crippen LogP contribution is 2.41. The Morgan fingerprint density at radius 2 is 1.66 bits per heavy atom. The van der Waals surface area contributed by atoms with Crippen LogP contribution in [0, 0.1) is 0 Å². The Hall–Kier alpha value is -2.69. The van der Waals surface area contributed by atoms with E-state index in [4.69, 9.17) is 41.5 Å². The van der Waals surface area contributed by atoms with Crippen molar-refractivity contribution in [2.45, 2.75) is 32.7 Å². The van der Waals surface area contributed by atoms with Crippen molar-refractivity contribution < 1.29 is 48.0 Å². The zero-order chi connectivity index (χ0) is 29.8. The van der Waals surface area contributed by atoms with Crippen LogP contribution in [0.15, 0.2) is 58.3 Å². The topological polar surface area (TPSA) is 157 Å². The minimum atomic E-state index is -4.56. The van der Waals surface area contributed by atoms with Crippen molar-refractivity contribution in [3.05, 3.63) is 69.9 Å². The van der Waals surface area contributed by atoms with E-state index in [0.717, 1.165) is 5.57 Å². The van der Waals surface area contributed by atoms with E-state index in [2.05, 4.69) is 8.37 Å². The fourth-order valence-corrected chi connectivity index (χ4v) is 5.15. The maximum absolute atomic E-state index is 10.9. The number of aryl methyl sites for hydroxylation is 1. The fourth-order valence-electron chi connectivity index (χ4n) is 4.16. The molecule has 0 saturated carbocycles. The van der Waals surface area contributed by atoms with Crippen LogP contribution in [0.25, 0.3) is 17.2 Å². The van der Waals surface area contributed by atoms with Gasteiger partial charge in [-0.05, 0) is 48.7 Å². The Bertz CT molecular complexity index is 1700. The Labute approximate surface area is 247 Å². The molecular weight excluding hydrogens is 623 g/mol. The Morgan fingerprint density at radius 3 is 2.34 bits per heavy atom. The van der Waals surface area contributed by atoms with Gasteiger partial charge < -0.3 is 14.1 Å². The summed E-state index contributed by atoms with van der Waals surface area (Å²) in [6, 6.07) is 10.3. The number of ether oxygens (including phenoxy) is 1. The number of oxazole rings is 1. The van der Waals surface area contributed by atoms with Crippen LogP contribution < -0.4 is 14.2 Å². The normalized spacial score (nSPS) is 15.1. The van der Waals surface area contributed by atoms with Crippen molar-refractivity contribution in [3.63, 3.8) is 0 Å². The van der Waals surface area contributed by atoms with Crippen molar-refractivity contribution in [2.75, 3.05) is 24.7 Å². The van der Waals surface area contributed by atoms with Crippen LogP contribution in [0.1, 0.15) is 32.1 Å². The molecule has 0 saturated heterocycles. The van der Waals surface area contributed by atoms with Gasteiger partial charge in [-0.1, -0.05) is 30.1 Å². The number of allylic oxidation sites excluding steroid dienone is 2. The van der Waals surface area contributed by atoms with Crippen LogP contribution in [-0.4, -0.2) is 45.7 Å². The second-order valence-corrected chi connectivity index (χ2v) is 11.9. The van der Waals surface area contributed by atoms with Gasteiger partial charge in [0.1, 0.15) is 0 Å². The minimum absolute atomic E-state index is 0.238. The first kappa shape index (κ1) is 31.3. The first-order valence-corrected chi connectivity index (χ1v) is 15.8. The molecule has 1 aromatic heterocycles. The summed E-state index contributed by atoms with van der Waals surface area (Å²) < 4.78 is 84.3. The number of nitrogens with zero attached hydrogens (tertiary/aromatic N) is 2. The molecule has 0 bridgehead atoms. The highest BCUT2D eigenvalue weighted by atomic mass is 35.5. The molecule has 0 fully saturated rings. The summed E-state index contributed by atoms with van der Waals surface area (Å²) in [6.07, 6.45) is 4.67. The lowest BCUT2D eigenvalue weighted by Gasteiger charge is -2.18. The van der Waals surface area contributed by atoms with Crippen molar-refractivity contribution >= 4 is 66.9 Å². The van der Waals surface area contributed by atoms with E-state index in [0.29, 0.717) is 63.9 Å². The van der Waals surface area contributed by atoms with Gasteiger partial charge in [0.2, 0.25) is 11.5 Å². The predicted molar refractivity (Wildman–Crippen MR) is 151 cm³/mol. The zero-order valence-electron chi connectivity index (χ0n) is 21.7. The molecule has 0 atom stereocenters. The van der Waals surface area contributed by atoms with Gasteiger partial charge in [-0.25, -0.2) is 8.37 Å². The Morgan fingerprint density at radius 1 is 1.00 bits per heavy atom. The van der Waals surface area contributed by atoms with Gasteiger partial charge in [0.05, 0.1) is 25.0 Å². The van der Waals surface area contributed by atoms with Crippen LogP contribution in [0.5, 0.6) is 5.75 Å². The molecule has 16 heteroatoms. The monoisotopic (exact) mass is 649 g/mol. The smallest absolute Gasteiger partial charge is 0.397 e. The van der Waals surface area contributed by atoms with Gasteiger partial charge in [0, 0.05) is 35.2 Å². The van der Waals surface area contributed by atoms with Gasteiger partial charge in [0.15, 0.2) is 12.3 Å². The summed E-state index contributed by atoms with van der Waals surface area (Å²) in [5.74, 6) is 1.46. The average Bonchev–Trinajstić information content (AvgIpc) is 3.39. The number of fused-ring (bicyclic) bond motifs is 2. The molecule has 2 aromatic carbocycles. The summed E-state index contributed by atoms with van der Waals surface area (Å²) in [4.78, 5) is 1.82. The molecule has 1 aliphatic rings. The number of aromatic nitrogens is 1. The highest BCUT2D eigenvalue weighted by molar-refractivity contribution is 7.81. The van der Waals surface area contributed by atoms with Crippen LogP contribution in [-0.2, 0) is 35.7 Å².